The largest absolute Gasteiger partial charge is 0.496 e. The van der Waals surface area contributed by atoms with Gasteiger partial charge in [-0.2, -0.15) is 0 Å². The van der Waals surface area contributed by atoms with Crippen molar-refractivity contribution in [1.82, 2.24) is 4.90 Å². The summed E-state index contributed by atoms with van der Waals surface area (Å²) in [6.45, 7) is 6.35. The van der Waals surface area contributed by atoms with Crippen LogP contribution in [0.5, 0.6) is 11.5 Å². The summed E-state index contributed by atoms with van der Waals surface area (Å²) in [5.41, 5.74) is 8.26. The lowest BCUT2D eigenvalue weighted by atomic mass is 9.95. The zero-order valence-corrected chi connectivity index (χ0v) is 23.4. The molecule has 4 aromatic rings. The Bertz CT molecular complexity index is 1450. The minimum absolute atomic E-state index is 0.0885. The molecule has 0 atom stereocenters. The molecule has 4 aromatic carbocycles. The van der Waals surface area contributed by atoms with Gasteiger partial charge in [-0.25, -0.2) is 0 Å². The second kappa shape index (κ2) is 11.9. The number of carbonyl (C=O) groups excluding carboxylic acids is 1. The van der Waals surface area contributed by atoms with Crippen LogP contribution in [0.25, 0.3) is 22.3 Å². The number of ketones is 1. The lowest BCUT2D eigenvalue weighted by Crippen LogP contribution is -2.35. The van der Waals surface area contributed by atoms with Crippen LogP contribution in [0.1, 0.15) is 39.9 Å². The minimum Gasteiger partial charge on any atom is -0.496 e. The highest BCUT2D eigenvalue weighted by Gasteiger charge is 2.19. The first kappa shape index (κ1) is 26.7. The first-order valence-electron chi connectivity index (χ1n) is 13.7. The first-order chi connectivity index (χ1) is 18.9. The smallest absolute Gasteiger partial charge is 0.167 e. The fourth-order valence-electron chi connectivity index (χ4n) is 5.27. The molecule has 200 valence electrons. The highest BCUT2D eigenvalue weighted by Crippen LogP contribution is 2.32. The minimum atomic E-state index is 0.0885. The van der Waals surface area contributed by atoms with Crippen molar-refractivity contribution >= 4 is 5.78 Å². The van der Waals surface area contributed by atoms with Gasteiger partial charge in [0.05, 0.1) is 7.11 Å². The van der Waals surface area contributed by atoms with Crippen LogP contribution < -0.4 is 9.47 Å². The summed E-state index contributed by atoms with van der Waals surface area (Å²) in [5, 5.41) is 0. The number of ether oxygens (including phenoxy) is 2. The van der Waals surface area contributed by atoms with E-state index >= 15 is 0 Å². The Hall–Kier alpha value is -3.89. The zero-order chi connectivity index (χ0) is 27.4. The van der Waals surface area contributed by atoms with Gasteiger partial charge in [0.2, 0.25) is 0 Å². The lowest BCUT2D eigenvalue weighted by Gasteiger charge is -2.29. The maximum Gasteiger partial charge on any atom is 0.167 e. The average molecular weight is 520 g/mol. The number of hydrogen-bond donors (Lipinski definition) is 0. The van der Waals surface area contributed by atoms with E-state index in [1.165, 1.54) is 5.56 Å². The number of methoxy groups -OCH3 is 1. The molecule has 1 heterocycles. The molecular weight excluding hydrogens is 482 g/mol. The van der Waals surface area contributed by atoms with Crippen molar-refractivity contribution in [2.24, 2.45) is 0 Å². The van der Waals surface area contributed by atoms with Gasteiger partial charge in [0.1, 0.15) is 17.6 Å². The molecule has 4 nitrogen and oxygen atoms in total. The van der Waals surface area contributed by atoms with E-state index in [-0.39, 0.29) is 5.78 Å². The molecule has 1 fully saturated rings. The van der Waals surface area contributed by atoms with Gasteiger partial charge in [-0.3, -0.25) is 4.79 Å². The Labute approximate surface area is 232 Å². The quantitative estimate of drug-likeness (QED) is 0.225. The summed E-state index contributed by atoms with van der Waals surface area (Å²) < 4.78 is 11.9. The Kier molecular flexibility index (Phi) is 8.13. The number of nitrogens with zero attached hydrogens (tertiary/aromatic N) is 1. The highest BCUT2D eigenvalue weighted by molar-refractivity contribution is 5.99. The highest BCUT2D eigenvalue weighted by atomic mass is 16.5. The molecule has 0 N–H and O–H groups in total. The third-order valence-corrected chi connectivity index (χ3v) is 7.64. The van der Waals surface area contributed by atoms with Gasteiger partial charge in [0, 0.05) is 30.6 Å². The van der Waals surface area contributed by atoms with Crippen LogP contribution in [-0.2, 0) is 6.42 Å². The summed E-state index contributed by atoms with van der Waals surface area (Å²) in [7, 11) is 3.83. The maximum absolute atomic E-state index is 13.2. The van der Waals surface area contributed by atoms with E-state index in [1.54, 1.807) is 7.11 Å². The van der Waals surface area contributed by atoms with Crippen molar-refractivity contribution in [3.8, 4) is 33.8 Å². The van der Waals surface area contributed by atoms with Crippen LogP contribution in [0.4, 0.5) is 0 Å². The molecule has 0 aliphatic carbocycles. The van der Waals surface area contributed by atoms with Crippen LogP contribution in [-0.4, -0.2) is 44.0 Å². The topological polar surface area (TPSA) is 38.8 Å². The molecule has 0 spiro atoms. The summed E-state index contributed by atoms with van der Waals surface area (Å²) in [6.07, 6.45) is 2.78. The maximum atomic E-state index is 13.2. The van der Waals surface area contributed by atoms with E-state index in [2.05, 4.69) is 80.4 Å². The van der Waals surface area contributed by atoms with E-state index in [0.717, 1.165) is 70.8 Å². The van der Waals surface area contributed by atoms with E-state index < -0.39 is 0 Å². The number of benzene rings is 4. The number of rotatable bonds is 8. The molecule has 0 saturated carbocycles. The molecule has 1 saturated heterocycles. The normalized spacial score (nSPS) is 14.3. The standard InChI is InChI=1S/C35H37NO3/c1-24-6-5-7-29(20-24)32-23-30(13-15-35(32)38-4)33(37)22-26-8-10-27(11-9-26)28-12-14-34(25(2)21-28)39-31-16-18-36(3)19-17-31/h5-15,20-21,23,31H,16-19,22H2,1-4H3. The Morgan fingerprint density at radius 3 is 2.23 bits per heavy atom. The molecule has 0 unspecified atom stereocenters. The predicted molar refractivity (Wildman–Crippen MR) is 159 cm³/mol. The molecule has 39 heavy (non-hydrogen) atoms. The molecule has 0 radical (unpaired) electrons. The van der Waals surface area contributed by atoms with Crippen molar-refractivity contribution < 1.29 is 14.3 Å². The SMILES string of the molecule is COc1ccc(C(=O)Cc2ccc(-c3ccc(OC4CCN(C)CC4)c(C)c3)cc2)cc1-c1cccc(C)c1. The van der Waals surface area contributed by atoms with Crippen molar-refractivity contribution in [3.05, 3.63) is 107 Å². The molecule has 5 rings (SSSR count). The van der Waals surface area contributed by atoms with E-state index in [0.29, 0.717) is 18.1 Å². The molecule has 0 bridgehead atoms. The number of likely N-dealkylation sites (tertiary alicyclic amines) is 1. The van der Waals surface area contributed by atoms with Gasteiger partial charge in [-0.05, 0) is 91.9 Å². The third kappa shape index (κ3) is 6.40. The predicted octanol–water partition coefficient (Wildman–Crippen LogP) is 7.54. The monoisotopic (exact) mass is 519 g/mol. The van der Waals surface area contributed by atoms with Gasteiger partial charge >= 0.3 is 0 Å². The second-order valence-corrected chi connectivity index (χ2v) is 10.7. The molecule has 0 amide bonds. The molecular formula is C35H37NO3. The van der Waals surface area contributed by atoms with Gasteiger partial charge in [-0.1, -0.05) is 60.2 Å². The summed E-state index contributed by atoms with van der Waals surface area (Å²) in [4.78, 5) is 15.6. The Morgan fingerprint density at radius 2 is 1.54 bits per heavy atom. The third-order valence-electron chi connectivity index (χ3n) is 7.64. The van der Waals surface area contributed by atoms with Crippen LogP contribution in [0.3, 0.4) is 0 Å². The van der Waals surface area contributed by atoms with E-state index in [1.807, 2.05) is 30.3 Å². The van der Waals surface area contributed by atoms with Crippen LogP contribution in [0.15, 0.2) is 84.9 Å². The summed E-state index contributed by atoms with van der Waals surface area (Å²) in [5.74, 6) is 1.82. The van der Waals surface area contributed by atoms with Gasteiger partial charge in [0.25, 0.3) is 0 Å². The second-order valence-electron chi connectivity index (χ2n) is 10.7. The van der Waals surface area contributed by atoms with Gasteiger partial charge in [0.15, 0.2) is 5.78 Å². The van der Waals surface area contributed by atoms with Crippen LogP contribution in [0, 0.1) is 13.8 Å². The Morgan fingerprint density at radius 1 is 0.821 bits per heavy atom. The van der Waals surface area contributed by atoms with Crippen molar-refractivity contribution in [3.63, 3.8) is 0 Å². The fraction of sp³-hybridized carbons (Fsp3) is 0.286. The lowest BCUT2D eigenvalue weighted by molar-refractivity contribution is 0.0993. The van der Waals surface area contributed by atoms with E-state index in [9.17, 15) is 4.79 Å². The average Bonchev–Trinajstić information content (AvgIpc) is 2.95. The molecule has 1 aliphatic rings. The van der Waals surface area contributed by atoms with Crippen molar-refractivity contribution in [1.29, 1.82) is 0 Å². The number of carbonyl (C=O) groups is 1. The van der Waals surface area contributed by atoms with E-state index in [4.69, 9.17) is 9.47 Å². The number of aryl methyl sites for hydroxylation is 2. The van der Waals surface area contributed by atoms with Gasteiger partial charge < -0.3 is 14.4 Å². The van der Waals surface area contributed by atoms with Crippen molar-refractivity contribution in [2.75, 3.05) is 27.2 Å². The summed E-state index contributed by atoms with van der Waals surface area (Å²) in [6, 6.07) is 28.6. The Balaban J connectivity index is 1.27. The van der Waals surface area contributed by atoms with Crippen molar-refractivity contribution in [2.45, 2.75) is 39.2 Å². The first-order valence-corrected chi connectivity index (χ1v) is 13.7. The fourth-order valence-corrected chi connectivity index (χ4v) is 5.27. The molecule has 1 aliphatic heterocycles. The molecule has 4 heteroatoms. The summed E-state index contributed by atoms with van der Waals surface area (Å²) >= 11 is 0. The zero-order valence-electron chi connectivity index (χ0n) is 23.4. The van der Waals surface area contributed by atoms with Crippen LogP contribution in [0.2, 0.25) is 0 Å². The number of hydrogen-bond acceptors (Lipinski definition) is 4. The number of piperidine rings is 1. The van der Waals surface area contributed by atoms with Crippen LogP contribution >= 0.6 is 0 Å². The molecule has 0 aromatic heterocycles. The van der Waals surface area contributed by atoms with Gasteiger partial charge in [-0.15, -0.1) is 0 Å². The number of Topliss-reactive ketones (excluding diaryl/α,β-unsaturated/α-hetero) is 1.